The molecule has 4 rings (SSSR count). The number of hydrogen-bond acceptors (Lipinski definition) is 3. The molecule has 2 heterocycles. The topological polar surface area (TPSA) is 45.5 Å². The Morgan fingerprint density at radius 2 is 2.00 bits per heavy atom. The maximum absolute atomic E-state index is 12.5. The Kier molecular flexibility index (Phi) is 4.80. The average molecular weight is 340 g/mol. The van der Waals surface area contributed by atoms with Crippen molar-refractivity contribution in [3.8, 4) is 0 Å². The monoisotopic (exact) mass is 340 g/mol. The number of likely N-dealkylation sites (tertiary alicyclic amines) is 1. The van der Waals surface area contributed by atoms with Crippen molar-refractivity contribution in [3.05, 3.63) is 35.1 Å². The van der Waals surface area contributed by atoms with Gasteiger partial charge in [0.15, 0.2) is 0 Å². The van der Waals surface area contributed by atoms with Gasteiger partial charge in [-0.25, -0.2) is 0 Å². The van der Waals surface area contributed by atoms with Gasteiger partial charge in [-0.05, 0) is 68.3 Å². The summed E-state index contributed by atoms with van der Waals surface area (Å²) < 4.78 is 5.72. The molecule has 1 aliphatic carbocycles. The highest BCUT2D eigenvalue weighted by Gasteiger charge is 2.21. The number of piperidine rings is 1. The van der Waals surface area contributed by atoms with Crippen LogP contribution in [0.15, 0.2) is 22.8 Å². The fraction of sp³-hybridized carbons (Fsp3) is 0.571. The minimum atomic E-state index is 0.122. The zero-order chi connectivity index (χ0) is 17.2. The number of carbonyl (C=O) groups excluding carboxylic acids is 1. The SMILES string of the molecule is CCCN1CCC(NC(=O)Cc2coc3cc4c(cc23)CCC4)CC1. The number of fused-ring (bicyclic) bond motifs is 2. The summed E-state index contributed by atoms with van der Waals surface area (Å²) in [6, 6.07) is 4.73. The molecule has 0 unspecified atom stereocenters. The van der Waals surface area contributed by atoms with Gasteiger partial charge in [0, 0.05) is 30.1 Å². The second kappa shape index (κ2) is 7.20. The van der Waals surface area contributed by atoms with Crippen molar-refractivity contribution in [2.24, 2.45) is 0 Å². The molecule has 1 N–H and O–H groups in total. The molecule has 0 bridgehead atoms. The predicted molar refractivity (Wildman–Crippen MR) is 99.8 cm³/mol. The maximum Gasteiger partial charge on any atom is 0.224 e. The molecule has 0 spiro atoms. The summed E-state index contributed by atoms with van der Waals surface area (Å²) in [6.45, 7) is 5.59. The highest BCUT2D eigenvalue weighted by Crippen LogP contribution is 2.30. The highest BCUT2D eigenvalue weighted by atomic mass is 16.3. The van der Waals surface area contributed by atoms with Gasteiger partial charge < -0.3 is 14.6 Å². The van der Waals surface area contributed by atoms with Crippen LogP contribution in [0.5, 0.6) is 0 Å². The van der Waals surface area contributed by atoms with Gasteiger partial charge in [-0.1, -0.05) is 6.92 Å². The second-order valence-electron chi connectivity index (χ2n) is 7.59. The molecule has 1 fully saturated rings. The van der Waals surface area contributed by atoms with Crippen LogP contribution in [0.3, 0.4) is 0 Å². The van der Waals surface area contributed by atoms with E-state index in [9.17, 15) is 4.79 Å². The van der Waals surface area contributed by atoms with E-state index >= 15 is 0 Å². The molecule has 25 heavy (non-hydrogen) atoms. The molecule has 1 aliphatic heterocycles. The molecule has 134 valence electrons. The lowest BCUT2D eigenvalue weighted by atomic mass is 10.0. The van der Waals surface area contributed by atoms with Gasteiger partial charge in [-0.2, -0.15) is 0 Å². The van der Waals surface area contributed by atoms with Gasteiger partial charge in [0.25, 0.3) is 0 Å². The molecule has 1 saturated heterocycles. The zero-order valence-corrected chi connectivity index (χ0v) is 15.1. The summed E-state index contributed by atoms with van der Waals surface area (Å²) in [6.07, 6.45) is 9.04. The van der Waals surface area contributed by atoms with Crippen LogP contribution in [-0.2, 0) is 24.1 Å². The van der Waals surface area contributed by atoms with Gasteiger partial charge in [0.05, 0.1) is 12.7 Å². The number of nitrogens with zero attached hydrogens (tertiary/aromatic N) is 1. The lowest BCUT2D eigenvalue weighted by Crippen LogP contribution is -2.45. The number of aryl methyl sites for hydroxylation is 2. The zero-order valence-electron chi connectivity index (χ0n) is 15.1. The fourth-order valence-corrected chi connectivity index (χ4v) is 4.35. The van der Waals surface area contributed by atoms with E-state index in [1.165, 1.54) is 30.5 Å². The van der Waals surface area contributed by atoms with E-state index in [-0.39, 0.29) is 5.91 Å². The molecule has 1 aromatic carbocycles. The van der Waals surface area contributed by atoms with Gasteiger partial charge in [0.1, 0.15) is 5.58 Å². The Morgan fingerprint density at radius 3 is 2.76 bits per heavy atom. The summed E-state index contributed by atoms with van der Waals surface area (Å²) in [4.78, 5) is 15.0. The summed E-state index contributed by atoms with van der Waals surface area (Å²) in [5.74, 6) is 0.122. The van der Waals surface area contributed by atoms with E-state index in [0.717, 1.165) is 55.3 Å². The molecule has 1 aromatic heterocycles. The van der Waals surface area contributed by atoms with Crippen molar-refractivity contribution in [3.63, 3.8) is 0 Å². The van der Waals surface area contributed by atoms with Crippen LogP contribution < -0.4 is 5.32 Å². The van der Waals surface area contributed by atoms with E-state index < -0.39 is 0 Å². The van der Waals surface area contributed by atoms with Crippen LogP contribution in [0.2, 0.25) is 0 Å². The Bertz CT molecular complexity index is 757. The van der Waals surface area contributed by atoms with Crippen molar-refractivity contribution in [2.75, 3.05) is 19.6 Å². The van der Waals surface area contributed by atoms with E-state index in [1.807, 2.05) is 0 Å². The molecule has 1 amide bonds. The lowest BCUT2D eigenvalue weighted by Gasteiger charge is -2.32. The number of benzene rings is 1. The first-order valence-electron chi connectivity index (χ1n) is 9.76. The van der Waals surface area contributed by atoms with Crippen molar-refractivity contribution in [1.29, 1.82) is 0 Å². The second-order valence-corrected chi connectivity index (χ2v) is 7.59. The van der Waals surface area contributed by atoms with Crippen LogP contribution >= 0.6 is 0 Å². The van der Waals surface area contributed by atoms with Crippen molar-refractivity contribution >= 4 is 16.9 Å². The summed E-state index contributed by atoms with van der Waals surface area (Å²) in [7, 11) is 0. The third-order valence-corrected chi connectivity index (χ3v) is 5.71. The third-order valence-electron chi connectivity index (χ3n) is 5.71. The average Bonchev–Trinajstić information content (AvgIpc) is 3.21. The van der Waals surface area contributed by atoms with E-state index in [1.54, 1.807) is 6.26 Å². The number of rotatable bonds is 5. The van der Waals surface area contributed by atoms with Crippen LogP contribution in [0.4, 0.5) is 0 Å². The van der Waals surface area contributed by atoms with Crippen LogP contribution in [0.25, 0.3) is 11.0 Å². The minimum Gasteiger partial charge on any atom is -0.464 e. The number of furan rings is 1. The Morgan fingerprint density at radius 1 is 1.24 bits per heavy atom. The van der Waals surface area contributed by atoms with Gasteiger partial charge in [-0.15, -0.1) is 0 Å². The van der Waals surface area contributed by atoms with Crippen molar-refractivity contribution in [2.45, 2.75) is 57.9 Å². The highest BCUT2D eigenvalue weighted by molar-refractivity contribution is 5.88. The van der Waals surface area contributed by atoms with E-state index in [0.29, 0.717) is 12.5 Å². The molecular weight excluding hydrogens is 312 g/mol. The first kappa shape index (κ1) is 16.6. The molecule has 4 heteroatoms. The Balaban J connectivity index is 1.38. The smallest absolute Gasteiger partial charge is 0.224 e. The molecule has 2 aromatic rings. The quantitative estimate of drug-likeness (QED) is 0.907. The first-order chi connectivity index (χ1) is 12.2. The maximum atomic E-state index is 12.5. The molecule has 0 saturated carbocycles. The molecule has 0 atom stereocenters. The largest absolute Gasteiger partial charge is 0.464 e. The van der Waals surface area contributed by atoms with Gasteiger partial charge >= 0.3 is 0 Å². The van der Waals surface area contributed by atoms with Gasteiger partial charge in [-0.3, -0.25) is 4.79 Å². The Hall–Kier alpha value is -1.81. The van der Waals surface area contributed by atoms with E-state index in [4.69, 9.17) is 4.42 Å². The summed E-state index contributed by atoms with van der Waals surface area (Å²) in [5, 5.41) is 4.35. The minimum absolute atomic E-state index is 0.122. The summed E-state index contributed by atoms with van der Waals surface area (Å²) >= 11 is 0. The first-order valence-corrected chi connectivity index (χ1v) is 9.76. The lowest BCUT2D eigenvalue weighted by molar-refractivity contribution is -0.121. The van der Waals surface area contributed by atoms with Crippen LogP contribution in [0.1, 0.15) is 49.3 Å². The molecule has 2 aliphatic rings. The standard InChI is InChI=1S/C21H28N2O2/c1-2-8-23-9-6-18(7-10-23)22-21(24)13-17-14-25-20-12-16-5-3-4-15(16)11-19(17)20/h11-12,14,18H,2-10,13H2,1H3,(H,22,24). The Labute approximate surface area is 149 Å². The number of nitrogens with one attached hydrogen (secondary N) is 1. The number of carbonyl (C=O) groups is 1. The van der Waals surface area contributed by atoms with E-state index in [2.05, 4.69) is 29.3 Å². The van der Waals surface area contributed by atoms with Gasteiger partial charge in [0.2, 0.25) is 5.91 Å². The third kappa shape index (κ3) is 3.59. The number of hydrogen-bond donors (Lipinski definition) is 1. The van der Waals surface area contributed by atoms with Crippen molar-refractivity contribution in [1.82, 2.24) is 10.2 Å². The normalized spacial score (nSPS) is 18.6. The summed E-state index contributed by atoms with van der Waals surface area (Å²) in [5.41, 5.74) is 4.79. The predicted octanol–water partition coefficient (Wildman–Crippen LogP) is 3.45. The van der Waals surface area contributed by atoms with Crippen LogP contribution in [-0.4, -0.2) is 36.5 Å². The number of amides is 1. The molecule has 4 nitrogen and oxygen atoms in total. The molecular formula is C21H28N2O2. The van der Waals surface area contributed by atoms with Crippen molar-refractivity contribution < 1.29 is 9.21 Å². The van der Waals surface area contributed by atoms with Crippen LogP contribution in [0, 0.1) is 0 Å². The fourth-order valence-electron chi connectivity index (χ4n) is 4.35. The molecule has 0 radical (unpaired) electrons.